The Labute approximate surface area is 154 Å². The lowest BCUT2D eigenvalue weighted by molar-refractivity contribution is 0.0951. The van der Waals surface area contributed by atoms with Crippen molar-refractivity contribution in [2.24, 2.45) is 5.10 Å². The van der Waals surface area contributed by atoms with Crippen LogP contribution in [0, 0.1) is 12.7 Å². The monoisotopic (exact) mass is 398 g/mol. The first kappa shape index (κ1) is 18.5. The predicted octanol–water partition coefficient (Wildman–Crippen LogP) is 2.11. The second-order valence-corrected chi connectivity index (χ2v) is 8.56. The maximum Gasteiger partial charge on any atom is 0.274 e. The van der Waals surface area contributed by atoms with Crippen LogP contribution in [0.5, 0.6) is 0 Å². The molecule has 1 amide bonds. The van der Waals surface area contributed by atoms with E-state index in [1.54, 1.807) is 13.0 Å². The van der Waals surface area contributed by atoms with Crippen LogP contribution >= 0.6 is 11.6 Å². The first-order valence-electron chi connectivity index (χ1n) is 7.81. The van der Waals surface area contributed by atoms with Gasteiger partial charge in [0.25, 0.3) is 5.91 Å². The molecular formula is C16H16ClFN4O3S. The number of aromatic nitrogens is 2. The molecule has 26 heavy (non-hydrogen) atoms. The minimum atomic E-state index is -3.07. The number of nitrogens with one attached hydrogen (secondary N) is 1. The average molecular weight is 399 g/mol. The zero-order chi connectivity index (χ0) is 18.9. The van der Waals surface area contributed by atoms with Gasteiger partial charge in [-0.2, -0.15) is 10.2 Å². The number of halogens is 2. The van der Waals surface area contributed by atoms with Crippen LogP contribution in [0.4, 0.5) is 4.39 Å². The van der Waals surface area contributed by atoms with E-state index in [9.17, 15) is 17.6 Å². The van der Waals surface area contributed by atoms with Crippen molar-refractivity contribution in [3.8, 4) is 0 Å². The Bertz CT molecular complexity index is 987. The quantitative estimate of drug-likeness (QED) is 0.630. The Morgan fingerprint density at radius 2 is 2.19 bits per heavy atom. The molecule has 1 saturated heterocycles. The van der Waals surface area contributed by atoms with Gasteiger partial charge in [0.1, 0.15) is 11.0 Å². The molecule has 0 spiro atoms. The molecule has 10 heteroatoms. The van der Waals surface area contributed by atoms with Crippen molar-refractivity contribution in [3.05, 3.63) is 52.1 Å². The minimum absolute atomic E-state index is 0.00551. The summed E-state index contributed by atoms with van der Waals surface area (Å²) in [5, 5.41) is 8.33. The van der Waals surface area contributed by atoms with E-state index in [1.165, 1.54) is 29.1 Å². The molecular weight excluding hydrogens is 383 g/mol. The molecule has 1 fully saturated rings. The van der Waals surface area contributed by atoms with E-state index in [0.29, 0.717) is 17.7 Å². The van der Waals surface area contributed by atoms with Gasteiger partial charge in [-0.3, -0.25) is 4.79 Å². The molecule has 2 heterocycles. The maximum absolute atomic E-state index is 13.6. The van der Waals surface area contributed by atoms with Gasteiger partial charge in [0.05, 0.1) is 40.6 Å². The van der Waals surface area contributed by atoms with Gasteiger partial charge in [0.15, 0.2) is 9.84 Å². The highest BCUT2D eigenvalue weighted by molar-refractivity contribution is 7.91. The van der Waals surface area contributed by atoms with Gasteiger partial charge in [-0.15, -0.1) is 0 Å². The van der Waals surface area contributed by atoms with Crippen LogP contribution < -0.4 is 5.43 Å². The molecule has 1 aromatic heterocycles. The number of sulfone groups is 1. The Morgan fingerprint density at radius 3 is 2.85 bits per heavy atom. The van der Waals surface area contributed by atoms with E-state index in [0.717, 1.165) is 0 Å². The number of hydrogen-bond acceptors (Lipinski definition) is 5. The highest BCUT2D eigenvalue weighted by Crippen LogP contribution is 2.29. The molecule has 0 aliphatic carbocycles. The zero-order valence-corrected chi connectivity index (χ0v) is 15.4. The summed E-state index contributed by atoms with van der Waals surface area (Å²) in [6.45, 7) is 1.70. The van der Waals surface area contributed by atoms with E-state index in [4.69, 9.17) is 11.6 Å². The molecule has 1 aliphatic rings. The second kappa shape index (κ2) is 7.16. The lowest BCUT2D eigenvalue weighted by Gasteiger charge is -2.09. The van der Waals surface area contributed by atoms with Gasteiger partial charge in [-0.1, -0.05) is 23.7 Å². The molecule has 0 unspecified atom stereocenters. The van der Waals surface area contributed by atoms with Crippen molar-refractivity contribution in [1.82, 2.24) is 15.2 Å². The van der Waals surface area contributed by atoms with E-state index >= 15 is 0 Å². The fraction of sp³-hybridized carbons (Fsp3) is 0.312. The summed E-state index contributed by atoms with van der Waals surface area (Å²) in [7, 11) is -3.07. The number of aryl methyl sites for hydroxylation is 1. The summed E-state index contributed by atoms with van der Waals surface area (Å²) in [6, 6.07) is 5.23. The van der Waals surface area contributed by atoms with Crippen molar-refractivity contribution in [1.29, 1.82) is 0 Å². The topological polar surface area (TPSA) is 93.4 Å². The third kappa shape index (κ3) is 3.78. The fourth-order valence-corrected chi connectivity index (χ4v) is 4.80. The first-order chi connectivity index (χ1) is 12.3. The number of hydrazone groups is 1. The molecule has 1 atom stereocenters. The van der Waals surface area contributed by atoms with Crippen LogP contribution in [0.15, 0.2) is 29.4 Å². The number of nitrogens with zero attached hydrogens (tertiary/aromatic N) is 3. The van der Waals surface area contributed by atoms with Crippen LogP contribution in [0.1, 0.15) is 34.1 Å². The molecule has 7 nitrogen and oxygen atoms in total. The Morgan fingerprint density at radius 1 is 1.46 bits per heavy atom. The predicted molar refractivity (Wildman–Crippen MR) is 95.7 cm³/mol. The normalized spacial score (nSPS) is 19.1. The van der Waals surface area contributed by atoms with Gasteiger partial charge in [-0.25, -0.2) is 22.9 Å². The minimum Gasteiger partial charge on any atom is -0.267 e. The van der Waals surface area contributed by atoms with E-state index in [2.05, 4.69) is 15.6 Å². The zero-order valence-electron chi connectivity index (χ0n) is 13.8. The summed E-state index contributed by atoms with van der Waals surface area (Å²) >= 11 is 6.30. The maximum atomic E-state index is 13.6. The number of carbonyl (C=O) groups is 1. The van der Waals surface area contributed by atoms with Gasteiger partial charge in [0, 0.05) is 0 Å². The Kier molecular flexibility index (Phi) is 5.10. The standard InChI is InChI=1S/C16H16ClFN4O3S/c1-10-13(8-19-20-16(23)12-4-2-3-5-14(12)18)15(17)22(21-10)11-6-7-26(24,25)9-11/h2-5,8,11H,6-7,9H2,1H3,(H,20,23)/b19-8-/t11-/m0/s1. The molecule has 1 aromatic carbocycles. The third-order valence-electron chi connectivity index (χ3n) is 4.10. The number of rotatable bonds is 4. The van der Waals surface area contributed by atoms with Gasteiger partial charge < -0.3 is 0 Å². The summed E-state index contributed by atoms with van der Waals surface area (Å²) in [6.07, 6.45) is 1.76. The SMILES string of the molecule is Cc1nn([C@H]2CCS(=O)(=O)C2)c(Cl)c1/C=N\NC(=O)c1ccccc1F. The first-order valence-corrected chi connectivity index (χ1v) is 10.0. The van der Waals surface area contributed by atoms with E-state index in [-0.39, 0.29) is 28.3 Å². The molecule has 2 aromatic rings. The van der Waals surface area contributed by atoms with E-state index in [1.807, 2.05) is 0 Å². The van der Waals surface area contributed by atoms with Crippen molar-refractivity contribution in [2.45, 2.75) is 19.4 Å². The Hall–Kier alpha value is -2.26. The smallest absolute Gasteiger partial charge is 0.267 e. The fourth-order valence-electron chi connectivity index (χ4n) is 2.75. The lowest BCUT2D eigenvalue weighted by Crippen LogP contribution is -2.19. The summed E-state index contributed by atoms with van der Waals surface area (Å²) in [5.74, 6) is -1.24. The number of benzene rings is 1. The van der Waals surface area contributed by atoms with Crippen LogP contribution in [0.2, 0.25) is 5.15 Å². The van der Waals surface area contributed by atoms with Crippen molar-refractivity contribution < 1.29 is 17.6 Å². The van der Waals surface area contributed by atoms with Crippen molar-refractivity contribution in [2.75, 3.05) is 11.5 Å². The third-order valence-corrected chi connectivity index (χ3v) is 6.23. The summed E-state index contributed by atoms with van der Waals surface area (Å²) in [5.41, 5.74) is 3.12. The molecule has 0 saturated carbocycles. The molecule has 138 valence electrons. The number of hydrogen-bond donors (Lipinski definition) is 1. The highest BCUT2D eigenvalue weighted by Gasteiger charge is 2.31. The van der Waals surface area contributed by atoms with Crippen LogP contribution in [0.25, 0.3) is 0 Å². The van der Waals surface area contributed by atoms with Crippen molar-refractivity contribution >= 4 is 33.6 Å². The Balaban J connectivity index is 1.75. The average Bonchev–Trinajstić information content (AvgIpc) is 3.08. The molecule has 3 rings (SSSR count). The van der Waals surface area contributed by atoms with Gasteiger partial charge in [-0.05, 0) is 25.5 Å². The van der Waals surface area contributed by atoms with Crippen molar-refractivity contribution in [3.63, 3.8) is 0 Å². The molecule has 0 bridgehead atoms. The van der Waals surface area contributed by atoms with E-state index < -0.39 is 21.6 Å². The van der Waals surface area contributed by atoms with Crippen LogP contribution in [-0.4, -0.2) is 41.8 Å². The largest absolute Gasteiger partial charge is 0.274 e. The van der Waals surface area contributed by atoms with Crippen LogP contribution in [-0.2, 0) is 9.84 Å². The number of carbonyl (C=O) groups excluding carboxylic acids is 1. The van der Waals surface area contributed by atoms with Crippen LogP contribution in [0.3, 0.4) is 0 Å². The second-order valence-electron chi connectivity index (χ2n) is 5.97. The summed E-state index contributed by atoms with van der Waals surface area (Å²) < 4.78 is 38.3. The molecule has 1 aliphatic heterocycles. The number of amides is 1. The molecule has 0 radical (unpaired) electrons. The lowest BCUT2D eigenvalue weighted by atomic mass is 10.2. The summed E-state index contributed by atoms with van der Waals surface area (Å²) in [4.78, 5) is 11.9. The molecule has 1 N–H and O–H groups in total. The van der Waals surface area contributed by atoms with Gasteiger partial charge >= 0.3 is 0 Å². The van der Waals surface area contributed by atoms with Gasteiger partial charge in [0.2, 0.25) is 0 Å². The highest BCUT2D eigenvalue weighted by atomic mass is 35.5.